The Labute approximate surface area is 174 Å². The molecule has 0 atom stereocenters. The fourth-order valence-corrected chi connectivity index (χ4v) is 3.98. The van der Waals surface area contributed by atoms with E-state index in [-0.39, 0.29) is 18.3 Å². The highest BCUT2D eigenvalue weighted by Gasteiger charge is 2.23. The molecule has 1 amide bonds. The van der Waals surface area contributed by atoms with Crippen LogP contribution in [-0.4, -0.2) is 39.0 Å². The molecule has 7 nitrogen and oxygen atoms in total. The average Bonchev–Trinajstić information content (AvgIpc) is 3.29. The highest BCUT2D eigenvalue weighted by molar-refractivity contribution is 7.09. The number of nitrogens with zero attached hydrogens (tertiary/aromatic N) is 4. The Bertz CT molecular complexity index is 946. The second-order valence-electron chi connectivity index (χ2n) is 6.73. The van der Waals surface area contributed by atoms with Gasteiger partial charge in [-0.2, -0.15) is 0 Å². The van der Waals surface area contributed by atoms with Gasteiger partial charge in [0.05, 0.1) is 22.4 Å². The van der Waals surface area contributed by atoms with Crippen molar-refractivity contribution in [2.45, 2.75) is 32.7 Å². The zero-order valence-corrected chi connectivity index (χ0v) is 17.4. The Morgan fingerprint density at radius 1 is 1.21 bits per heavy atom. The molecule has 3 aromatic rings. The molecule has 1 aromatic carbocycles. The molecule has 3 heterocycles. The molecule has 1 aliphatic rings. The van der Waals surface area contributed by atoms with Crippen LogP contribution in [0.4, 0.5) is 5.69 Å². The number of carbonyl (C=O) groups is 1. The summed E-state index contributed by atoms with van der Waals surface area (Å²) in [5.74, 6) is -0.232. The van der Waals surface area contributed by atoms with Gasteiger partial charge >= 0.3 is 0 Å². The number of aryl methyl sites for hydroxylation is 1. The van der Waals surface area contributed by atoms with Crippen LogP contribution in [0.3, 0.4) is 0 Å². The van der Waals surface area contributed by atoms with Crippen LogP contribution in [0, 0.1) is 13.8 Å². The molecule has 148 valence electrons. The molecule has 1 fully saturated rings. The van der Waals surface area contributed by atoms with E-state index in [9.17, 15) is 4.79 Å². The molecule has 1 aliphatic heterocycles. The topological polar surface area (TPSA) is 84.7 Å². The van der Waals surface area contributed by atoms with Gasteiger partial charge in [-0.3, -0.25) is 4.79 Å². The van der Waals surface area contributed by atoms with E-state index in [4.69, 9.17) is 0 Å². The monoisotopic (exact) mass is 418 g/mol. The van der Waals surface area contributed by atoms with E-state index in [1.165, 1.54) is 0 Å². The Balaban J connectivity index is 0.00000225. The molecule has 1 saturated heterocycles. The van der Waals surface area contributed by atoms with Crippen molar-refractivity contribution in [3.05, 3.63) is 46.0 Å². The normalized spacial score (nSPS) is 14.5. The lowest BCUT2D eigenvalue weighted by Gasteiger charge is -2.23. The minimum Gasteiger partial charge on any atom is -0.321 e. The maximum Gasteiger partial charge on any atom is 0.278 e. The average molecular weight is 419 g/mol. The van der Waals surface area contributed by atoms with E-state index < -0.39 is 0 Å². The van der Waals surface area contributed by atoms with Crippen LogP contribution in [0.5, 0.6) is 0 Å². The summed E-state index contributed by atoms with van der Waals surface area (Å²) in [5.41, 5.74) is 3.91. The number of benzene rings is 1. The number of hydrogen-bond donors (Lipinski definition) is 2. The molecule has 0 bridgehead atoms. The number of rotatable bonds is 4. The number of halogens is 1. The summed E-state index contributed by atoms with van der Waals surface area (Å²) < 4.78 is 1.89. The van der Waals surface area contributed by atoms with E-state index >= 15 is 0 Å². The summed E-state index contributed by atoms with van der Waals surface area (Å²) in [6.07, 6.45) is 2.01. The fourth-order valence-electron chi connectivity index (χ4n) is 3.36. The first-order chi connectivity index (χ1) is 13.1. The minimum absolute atomic E-state index is 0. The quantitative estimate of drug-likeness (QED) is 0.676. The lowest BCUT2D eigenvalue weighted by atomic mass is 10.1. The second kappa shape index (κ2) is 8.81. The van der Waals surface area contributed by atoms with Crippen LogP contribution in [0.2, 0.25) is 0 Å². The molecule has 4 rings (SSSR count). The first-order valence-electron chi connectivity index (χ1n) is 9.08. The van der Waals surface area contributed by atoms with Crippen molar-refractivity contribution in [1.29, 1.82) is 0 Å². The smallest absolute Gasteiger partial charge is 0.278 e. The van der Waals surface area contributed by atoms with Gasteiger partial charge in [-0.15, -0.1) is 28.8 Å². The first-order valence-corrected chi connectivity index (χ1v) is 9.96. The van der Waals surface area contributed by atoms with Crippen LogP contribution in [0.15, 0.2) is 29.6 Å². The van der Waals surface area contributed by atoms with E-state index in [1.807, 2.05) is 48.2 Å². The number of amides is 1. The van der Waals surface area contributed by atoms with Crippen molar-refractivity contribution in [1.82, 2.24) is 25.3 Å². The van der Waals surface area contributed by atoms with Crippen molar-refractivity contribution in [3.63, 3.8) is 0 Å². The Kier molecular flexibility index (Phi) is 6.43. The minimum atomic E-state index is -0.232. The van der Waals surface area contributed by atoms with Crippen LogP contribution in [-0.2, 0) is 0 Å². The van der Waals surface area contributed by atoms with Gasteiger partial charge in [-0.05, 0) is 51.9 Å². The summed E-state index contributed by atoms with van der Waals surface area (Å²) in [4.78, 5) is 17.1. The molecule has 0 saturated carbocycles. The zero-order valence-electron chi connectivity index (χ0n) is 15.8. The maximum atomic E-state index is 12.6. The highest BCUT2D eigenvalue weighted by atomic mass is 35.5. The molecular formula is C19H23ClN6OS. The predicted molar refractivity (Wildman–Crippen MR) is 113 cm³/mol. The van der Waals surface area contributed by atoms with Crippen molar-refractivity contribution in [2.24, 2.45) is 0 Å². The Hall–Kier alpha value is -2.29. The molecule has 28 heavy (non-hydrogen) atoms. The lowest BCUT2D eigenvalue weighted by molar-refractivity contribution is 0.102. The number of aromatic nitrogens is 4. The lowest BCUT2D eigenvalue weighted by Crippen LogP contribution is -2.30. The first kappa shape index (κ1) is 20.4. The van der Waals surface area contributed by atoms with E-state index in [1.54, 1.807) is 11.3 Å². The number of anilines is 1. The maximum absolute atomic E-state index is 12.6. The summed E-state index contributed by atoms with van der Waals surface area (Å²) in [5, 5.41) is 17.7. The largest absolute Gasteiger partial charge is 0.321 e. The van der Waals surface area contributed by atoms with Crippen LogP contribution >= 0.6 is 23.7 Å². The second-order valence-corrected chi connectivity index (χ2v) is 7.79. The number of piperidine rings is 1. The predicted octanol–water partition coefficient (Wildman–Crippen LogP) is 3.62. The van der Waals surface area contributed by atoms with Crippen molar-refractivity contribution >= 4 is 35.3 Å². The van der Waals surface area contributed by atoms with Crippen molar-refractivity contribution in [3.8, 4) is 11.3 Å². The summed E-state index contributed by atoms with van der Waals surface area (Å²) >= 11 is 1.62. The van der Waals surface area contributed by atoms with Gasteiger partial charge in [0.1, 0.15) is 0 Å². The zero-order chi connectivity index (χ0) is 18.8. The van der Waals surface area contributed by atoms with Gasteiger partial charge in [-0.1, -0.05) is 17.3 Å². The standard InChI is InChI=1S/C19H22N6OS.ClH/c1-12-18(23-24-25(12)16-7-9-20-10-8-16)19(26)22-15-5-3-14(4-6-15)17-11-27-13(2)21-17;/h3-6,11,16,20H,7-10H2,1-2H3,(H,22,26);1H. The van der Waals surface area contributed by atoms with Crippen molar-refractivity contribution in [2.75, 3.05) is 18.4 Å². The number of thiazole rings is 1. The van der Waals surface area contributed by atoms with Gasteiger partial charge in [0.15, 0.2) is 5.69 Å². The van der Waals surface area contributed by atoms with E-state index in [0.29, 0.717) is 11.7 Å². The number of hydrogen-bond acceptors (Lipinski definition) is 6. The van der Waals surface area contributed by atoms with Crippen molar-refractivity contribution < 1.29 is 4.79 Å². The molecule has 2 aromatic heterocycles. The summed E-state index contributed by atoms with van der Waals surface area (Å²) in [6.45, 7) is 5.83. The molecule has 0 aliphatic carbocycles. The van der Waals surface area contributed by atoms with Gasteiger partial charge in [0, 0.05) is 16.6 Å². The molecule has 2 N–H and O–H groups in total. The van der Waals surface area contributed by atoms with Crippen LogP contribution < -0.4 is 10.6 Å². The summed E-state index contributed by atoms with van der Waals surface area (Å²) in [6, 6.07) is 8.00. The van der Waals surface area contributed by atoms with Crippen LogP contribution in [0.25, 0.3) is 11.3 Å². The van der Waals surface area contributed by atoms with E-state index in [0.717, 1.165) is 53.6 Å². The van der Waals surface area contributed by atoms with Crippen LogP contribution in [0.1, 0.15) is 40.1 Å². The van der Waals surface area contributed by atoms with Gasteiger partial charge < -0.3 is 10.6 Å². The summed E-state index contributed by atoms with van der Waals surface area (Å²) in [7, 11) is 0. The molecular weight excluding hydrogens is 396 g/mol. The number of carbonyl (C=O) groups excluding carboxylic acids is 1. The Morgan fingerprint density at radius 2 is 1.93 bits per heavy atom. The SMILES string of the molecule is Cc1nc(-c2ccc(NC(=O)c3nnn(C4CCNCC4)c3C)cc2)cs1.Cl. The van der Waals surface area contributed by atoms with Gasteiger partial charge in [0.25, 0.3) is 5.91 Å². The molecule has 0 radical (unpaired) electrons. The molecule has 0 unspecified atom stereocenters. The molecule has 0 spiro atoms. The van der Waals surface area contributed by atoms with Gasteiger partial charge in [0.2, 0.25) is 0 Å². The third kappa shape index (κ3) is 4.24. The Morgan fingerprint density at radius 3 is 2.57 bits per heavy atom. The molecule has 9 heteroatoms. The third-order valence-corrected chi connectivity index (χ3v) is 5.63. The third-order valence-electron chi connectivity index (χ3n) is 4.85. The highest BCUT2D eigenvalue weighted by Crippen LogP contribution is 2.24. The fraction of sp³-hybridized carbons (Fsp3) is 0.368. The van der Waals surface area contributed by atoms with E-state index in [2.05, 4.69) is 25.9 Å². The number of nitrogens with one attached hydrogen (secondary N) is 2. The van der Waals surface area contributed by atoms with Gasteiger partial charge in [-0.25, -0.2) is 9.67 Å².